The number of carbonyl (C=O) groups excluding carboxylic acids is 1. The summed E-state index contributed by atoms with van der Waals surface area (Å²) >= 11 is 0. The molecule has 2 aromatic carbocycles. The van der Waals surface area contributed by atoms with Crippen LogP contribution < -0.4 is 10.1 Å². The molecule has 0 fully saturated rings. The van der Waals surface area contributed by atoms with Gasteiger partial charge in [-0.3, -0.25) is 4.79 Å². The lowest BCUT2D eigenvalue weighted by molar-refractivity contribution is 0.102. The molecule has 0 atom stereocenters. The summed E-state index contributed by atoms with van der Waals surface area (Å²) in [4.78, 5) is 12.3. The van der Waals surface area contributed by atoms with Crippen LogP contribution in [-0.4, -0.2) is 17.6 Å². The lowest BCUT2D eigenvalue weighted by Gasteiger charge is -2.07. The van der Waals surface area contributed by atoms with Crippen LogP contribution in [0.1, 0.15) is 10.4 Å². The summed E-state index contributed by atoms with van der Waals surface area (Å²) in [5.41, 5.74) is 2.49. The largest absolute Gasteiger partial charge is 0.497 e. The summed E-state index contributed by atoms with van der Waals surface area (Å²) < 4.78 is 7.12. The minimum absolute atomic E-state index is 0.120. The van der Waals surface area contributed by atoms with E-state index >= 15 is 0 Å². The maximum absolute atomic E-state index is 12.3. The third kappa shape index (κ3) is 2.60. The summed E-state index contributed by atoms with van der Waals surface area (Å²) in [6.45, 7) is 0. The van der Waals surface area contributed by atoms with Gasteiger partial charge in [-0.05, 0) is 48.5 Å². The molecular formula is C17H16N2O2. The molecule has 0 radical (unpaired) electrons. The number of anilines is 1. The van der Waals surface area contributed by atoms with Crippen molar-refractivity contribution in [1.82, 2.24) is 4.57 Å². The molecule has 3 aromatic rings. The topological polar surface area (TPSA) is 43.3 Å². The van der Waals surface area contributed by atoms with Crippen LogP contribution in [0.4, 0.5) is 5.69 Å². The van der Waals surface area contributed by atoms with E-state index in [1.807, 2.05) is 66.3 Å². The molecule has 0 saturated heterocycles. The fourth-order valence-corrected chi connectivity index (χ4v) is 2.30. The van der Waals surface area contributed by atoms with Gasteiger partial charge >= 0.3 is 0 Å². The van der Waals surface area contributed by atoms with Crippen LogP contribution in [0.15, 0.2) is 54.7 Å². The van der Waals surface area contributed by atoms with Crippen molar-refractivity contribution in [2.24, 2.45) is 7.05 Å². The molecule has 0 aliphatic heterocycles. The smallest absolute Gasteiger partial charge is 0.255 e. The number of amides is 1. The lowest BCUT2D eigenvalue weighted by atomic mass is 10.1. The fraction of sp³-hybridized carbons (Fsp3) is 0.118. The Kier molecular flexibility index (Phi) is 3.36. The van der Waals surface area contributed by atoms with Gasteiger partial charge in [0.1, 0.15) is 5.75 Å². The molecule has 4 heteroatoms. The number of ether oxygens (including phenoxy) is 1. The molecule has 0 aliphatic carbocycles. The van der Waals surface area contributed by atoms with E-state index in [0.29, 0.717) is 5.56 Å². The van der Waals surface area contributed by atoms with Crippen LogP contribution in [0.25, 0.3) is 10.9 Å². The van der Waals surface area contributed by atoms with E-state index in [9.17, 15) is 4.79 Å². The molecule has 4 nitrogen and oxygen atoms in total. The van der Waals surface area contributed by atoms with Crippen molar-refractivity contribution < 1.29 is 9.53 Å². The van der Waals surface area contributed by atoms with E-state index in [4.69, 9.17) is 4.74 Å². The van der Waals surface area contributed by atoms with Crippen molar-refractivity contribution in [2.75, 3.05) is 12.4 Å². The number of aromatic nitrogens is 1. The summed E-state index contributed by atoms with van der Waals surface area (Å²) in [6.07, 6.45) is 1.98. The number of hydrogen-bond donors (Lipinski definition) is 1. The molecule has 1 heterocycles. The zero-order chi connectivity index (χ0) is 14.8. The minimum atomic E-state index is -0.120. The van der Waals surface area contributed by atoms with Crippen molar-refractivity contribution in [3.8, 4) is 5.75 Å². The first-order valence-electron chi connectivity index (χ1n) is 6.68. The molecule has 3 rings (SSSR count). The SMILES string of the molecule is COc1ccc(NC(=O)c2ccc3c(ccn3C)c2)cc1. The van der Waals surface area contributed by atoms with Crippen LogP contribution >= 0.6 is 0 Å². The molecule has 21 heavy (non-hydrogen) atoms. The molecule has 1 aromatic heterocycles. The average Bonchev–Trinajstić information content (AvgIpc) is 2.89. The second kappa shape index (κ2) is 5.32. The van der Waals surface area contributed by atoms with Gasteiger partial charge in [-0.15, -0.1) is 0 Å². The number of nitrogens with zero attached hydrogens (tertiary/aromatic N) is 1. The Morgan fingerprint density at radius 3 is 2.57 bits per heavy atom. The number of fused-ring (bicyclic) bond motifs is 1. The maximum atomic E-state index is 12.3. The maximum Gasteiger partial charge on any atom is 0.255 e. The third-order valence-corrected chi connectivity index (χ3v) is 3.50. The standard InChI is InChI=1S/C17H16N2O2/c1-19-10-9-12-11-13(3-8-16(12)19)17(20)18-14-4-6-15(21-2)7-5-14/h3-11H,1-2H3,(H,18,20). The summed E-state index contributed by atoms with van der Waals surface area (Å²) in [7, 11) is 3.60. The van der Waals surface area contributed by atoms with E-state index in [2.05, 4.69) is 5.32 Å². The molecular weight excluding hydrogens is 264 g/mol. The number of rotatable bonds is 3. The van der Waals surface area contributed by atoms with Crippen LogP contribution in [0.2, 0.25) is 0 Å². The van der Waals surface area contributed by atoms with Crippen LogP contribution in [0, 0.1) is 0 Å². The van der Waals surface area contributed by atoms with Crippen molar-refractivity contribution in [1.29, 1.82) is 0 Å². The predicted molar refractivity (Wildman–Crippen MR) is 83.9 cm³/mol. The lowest BCUT2D eigenvalue weighted by Crippen LogP contribution is -2.11. The van der Waals surface area contributed by atoms with Crippen LogP contribution in [0.5, 0.6) is 5.75 Å². The van der Waals surface area contributed by atoms with Gasteiger partial charge in [-0.1, -0.05) is 0 Å². The Morgan fingerprint density at radius 2 is 1.86 bits per heavy atom. The van der Waals surface area contributed by atoms with E-state index in [1.165, 1.54) is 0 Å². The van der Waals surface area contributed by atoms with Crippen molar-refractivity contribution in [3.05, 3.63) is 60.3 Å². The van der Waals surface area contributed by atoms with E-state index < -0.39 is 0 Å². The predicted octanol–water partition coefficient (Wildman–Crippen LogP) is 3.44. The van der Waals surface area contributed by atoms with E-state index in [0.717, 1.165) is 22.3 Å². The molecule has 1 N–H and O–H groups in total. The number of benzene rings is 2. The Labute approximate surface area is 123 Å². The third-order valence-electron chi connectivity index (χ3n) is 3.50. The van der Waals surface area contributed by atoms with Crippen molar-refractivity contribution >= 4 is 22.5 Å². The highest BCUT2D eigenvalue weighted by atomic mass is 16.5. The highest BCUT2D eigenvalue weighted by Gasteiger charge is 2.08. The second-order valence-corrected chi connectivity index (χ2v) is 4.88. The minimum Gasteiger partial charge on any atom is -0.497 e. The molecule has 0 unspecified atom stereocenters. The van der Waals surface area contributed by atoms with Crippen molar-refractivity contribution in [3.63, 3.8) is 0 Å². The van der Waals surface area contributed by atoms with E-state index in [-0.39, 0.29) is 5.91 Å². The van der Waals surface area contributed by atoms with Gasteiger partial charge in [0.15, 0.2) is 0 Å². The van der Waals surface area contributed by atoms with Crippen LogP contribution in [-0.2, 0) is 7.05 Å². The normalized spacial score (nSPS) is 10.6. The summed E-state index contributed by atoms with van der Waals surface area (Å²) in [5.74, 6) is 0.643. The molecule has 1 amide bonds. The Hall–Kier alpha value is -2.75. The Morgan fingerprint density at radius 1 is 1.10 bits per heavy atom. The number of methoxy groups -OCH3 is 1. The Balaban J connectivity index is 1.82. The van der Waals surface area contributed by atoms with E-state index in [1.54, 1.807) is 7.11 Å². The zero-order valence-electron chi connectivity index (χ0n) is 12.0. The molecule has 0 spiro atoms. The Bertz CT molecular complexity index is 788. The zero-order valence-corrected chi connectivity index (χ0v) is 12.0. The number of nitrogens with one attached hydrogen (secondary N) is 1. The molecule has 0 aliphatic rings. The summed E-state index contributed by atoms with van der Waals surface area (Å²) in [5, 5.41) is 3.94. The van der Waals surface area contributed by atoms with Gasteiger partial charge in [-0.2, -0.15) is 0 Å². The quantitative estimate of drug-likeness (QED) is 0.798. The van der Waals surface area contributed by atoms with Gasteiger partial charge in [0, 0.05) is 35.4 Å². The first-order valence-corrected chi connectivity index (χ1v) is 6.68. The average molecular weight is 280 g/mol. The van der Waals surface area contributed by atoms with Gasteiger partial charge < -0.3 is 14.6 Å². The van der Waals surface area contributed by atoms with Gasteiger partial charge in [0.25, 0.3) is 5.91 Å². The highest BCUT2D eigenvalue weighted by molar-refractivity contribution is 6.06. The number of hydrogen-bond acceptors (Lipinski definition) is 2. The first-order chi connectivity index (χ1) is 10.2. The molecule has 0 bridgehead atoms. The first kappa shape index (κ1) is 13.2. The van der Waals surface area contributed by atoms with Crippen molar-refractivity contribution in [2.45, 2.75) is 0 Å². The summed E-state index contributed by atoms with van der Waals surface area (Å²) in [6, 6.07) is 15.0. The highest BCUT2D eigenvalue weighted by Crippen LogP contribution is 2.19. The fourth-order valence-electron chi connectivity index (χ4n) is 2.30. The number of carbonyl (C=O) groups is 1. The van der Waals surface area contributed by atoms with Gasteiger partial charge in [0.2, 0.25) is 0 Å². The number of aryl methyl sites for hydroxylation is 1. The molecule has 106 valence electrons. The van der Waals surface area contributed by atoms with Gasteiger partial charge in [-0.25, -0.2) is 0 Å². The molecule has 0 saturated carbocycles. The monoisotopic (exact) mass is 280 g/mol. The van der Waals surface area contributed by atoms with Gasteiger partial charge in [0.05, 0.1) is 7.11 Å². The van der Waals surface area contributed by atoms with Crippen LogP contribution in [0.3, 0.4) is 0 Å². The second-order valence-electron chi connectivity index (χ2n) is 4.88.